The fourth-order valence-electron chi connectivity index (χ4n) is 1.06. The summed E-state index contributed by atoms with van der Waals surface area (Å²) in [5.41, 5.74) is 0. The van der Waals surface area contributed by atoms with Crippen LogP contribution in [0.3, 0.4) is 0 Å². The number of hydrogen-bond acceptors (Lipinski definition) is 3. The molecule has 0 radical (unpaired) electrons. The summed E-state index contributed by atoms with van der Waals surface area (Å²) in [7, 11) is 0. The highest BCUT2D eigenvalue weighted by Crippen LogP contribution is 1.98. The van der Waals surface area contributed by atoms with E-state index in [4.69, 9.17) is 9.47 Å². The Kier molecular flexibility index (Phi) is 10.4. The van der Waals surface area contributed by atoms with Crippen LogP contribution in [-0.4, -0.2) is 32.2 Å². The maximum Gasteiger partial charge on any atom is 0.129 e. The zero-order valence-corrected chi connectivity index (χ0v) is 9.38. The molecular formula is C11H22O3. The summed E-state index contributed by atoms with van der Waals surface area (Å²) in [5.74, 6) is 0.318. The number of carbonyl (C=O) groups excluding carboxylic acids is 1. The predicted octanol–water partition coefficient (Wildman–Crippen LogP) is 2.19. The van der Waals surface area contributed by atoms with Crippen LogP contribution in [0.25, 0.3) is 0 Å². The van der Waals surface area contributed by atoms with E-state index in [-0.39, 0.29) is 0 Å². The van der Waals surface area contributed by atoms with Crippen molar-refractivity contribution in [2.24, 2.45) is 0 Å². The number of ketones is 1. The van der Waals surface area contributed by atoms with Crippen LogP contribution in [0.2, 0.25) is 0 Å². The fraction of sp³-hybridized carbons (Fsp3) is 0.909. The van der Waals surface area contributed by atoms with Gasteiger partial charge in [0.15, 0.2) is 0 Å². The standard InChI is InChI=1S/C7H14O.C4H8O2/c1-3-4-5-6-7(2)8;1-2-6-4-3-5-1/h3-6H2,1-2H3;1-4H2. The van der Waals surface area contributed by atoms with Crippen molar-refractivity contribution in [3.63, 3.8) is 0 Å². The van der Waals surface area contributed by atoms with Crippen molar-refractivity contribution in [3.05, 3.63) is 0 Å². The molecule has 0 saturated carbocycles. The Morgan fingerprint density at radius 2 is 1.57 bits per heavy atom. The molecule has 84 valence electrons. The van der Waals surface area contributed by atoms with Gasteiger partial charge in [-0.3, -0.25) is 0 Å². The highest BCUT2D eigenvalue weighted by Gasteiger charge is 1.94. The van der Waals surface area contributed by atoms with Gasteiger partial charge in [0.25, 0.3) is 0 Å². The largest absolute Gasteiger partial charge is 0.377 e. The minimum absolute atomic E-state index is 0.318. The van der Waals surface area contributed by atoms with Crippen LogP contribution in [-0.2, 0) is 14.3 Å². The normalized spacial score (nSPS) is 15.6. The number of carbonyl (C=O) groups is 1. The Hall–Kier alpha value is -0.410. The summed E-state index contributed by atoms with van der Waals surface area (Å²) in [6, 6.07) is 0. The van der Waals surface area contributed by atoms with Crippen molar-refractivity contribution in [1.82, 2.24) is 0 Å². The van der Waals surface area contributed by atoms with Gasteiger partial charge in [0, 0.05) is 6.42 Å². The van der Waals surface area contributed by atoms with E-state index in [0.29, 0.717) is 5.78 Å². The molecule has 1 aliphatic rings. The number of rotatable bonds is 4. The topological polar surface area (TPSA) is 35.5 Å². The lowest BCUT2D eigenvalue weighted by Gasteiger charge is -2.09. The van der Waals surface area contributed by atoms with E-state index in [9.17, 15) is 4.79 Å². The van der Waals surface area contributed by atoms with Crippen molar-refractivity contribution in [1.29, 1.82) is 0 Å². The Morgan fingerprint density at radius 1 is 1.07 bits per heavy atom. The molecule has 1 rings (SSSR count). The van der Waals surface area contributed by atoms with Gasteiger partial charge < -0.3 is 14.3 Å². The number of hydrogen-bond donors (Lipinski definition) is 0. The molecule has 0 spiro atoms. The molecule has 0 unspecified atom stereocenters. The van der Waals surface area contributed by atoms with Crippen molar-refractivity contribution >= 4 is 5.78 Å². The van der Waals surface area contributed by atoms with Crippen LogP contribution in [0.4, 0.5) is 0 Å². The van der Waals surface area contributed by atoms with Gasteiger partial charge in [-0.1, -0.05) is 19.8 Å². The third-order valence-electron chi connectivity index (χ3n) is 1.88. The molecular weight excluding hydrogens is 180 g/mol. The highest BCUT2D eigenvalue weighted by molar-refractivity contribution is 5.75. The Bertz CT molecular complexity index is 119. The molecule has 1 fully saturated rings. The first kappa shape index (κ1) is 13.6. The minimum Gasteiger partial charge on any atom is -0.377 e. The van der Waals surface area contributed by atoms with E-state index in [0.717, 1.165) is 39.3 Å². The van der Waals surface area contributed by atoms with Gasteiger partial charge in [-0.05, 0) is 13.3 Å². The smallest absolute Gasteiger partial charge is 0.129 e. The van der Waals surface area contributed by atoms with Gasteiger partial charge in [-0.2, -0.15) is 0 Å². The Morgan fingerprint density at radius 3 is 1.86 bits per heavy atom. The van der Waals surface area contributed by atoms with Gasteiger partial charge in [0.2, 0.25) is 0 Å². The zero-order valence-electron chi connectivity index (χ0n) is 9.38. The molecule has 1 aliphatic heterocycles. The molecule has 1 heterocycles. The average molecular weight is 202 g/mol. The maximum absolute atomic E-state index is 10.3. The van der Waals surface area contributed by atoms with Crippen LogP contribution in [0.15, 0.2) is 0 Å². The number of ether oxygens (including phenoxy) is 2. The quantitative estimate of drug-likeness (QED) is 0.655. The van der Waals surface area contributed by atoms with Crippen LogP contribution in [0.1, 0.15) is 39.5 Å². The number of Topliss-reactive ketones (excluding diaryl/α,β-unsaturated/α-hetero) is 1. The number of unbranched alkanes of at least 4 members (excludes halogenated alkanes) is 2. The van der Waals surface area contributed by atoms with Crippen LogP contribution >= 0.6 is 0 Å². The van der Waals surface area contributed by atoms with Crippen LogP contribution in [0.5, 0.6) is 0 Å². The maximum atomic E-state index is 10.3. The second kappa shape index (κ2) is 10.7. The molecule has 0 aromatic carbocycles. The first-order valence-corrected chi connectivity index (χ1v) is 5.42. The predicted molar refractivity (Wildman–Crippen MR) is 56.5 cm³/mol. The molecule has 14 heavy (non-hydrogen) atoms. The molecule has 0 aliphatic carbocycles. The summed E-state index contributed by atoms with van der Waals surface area (Å²) in [6.07, 6.45) is 4.24. The average Bonchev–Trinajstić information content (AvgIpc) is 2.21. The molecule has 3 heteroatoms. The Labute approximate surface area is 86.8 Å². The van der Waals surface area contributed by atoms with Gasteiger partial charge in [-0.25, -0.2) is 0 Å². The van der Waals surface area contributed by atoms with Gasteiger partial charge in [0.05, 0.1) is 26.4 Å². The molecule has 0 aromatic rings. The second-order valence-electron chi connectivity index (χ2n) is 3.38. The van der Waals surface area contributed by atoms with E-state index in [1.807, 2.05) is 0 Å². The summed E-state index contributed by atoms with van der Waals surface area (Å²) in [4.78, 5) is 10.3. The summed E-state index contributed by atoms with van der Waals surface area (Å²) in [6.45, 7) is 6.90. The van der Waals surface area contributed by atoms with Crippen molar-refractivity contribution in [2.45, 2.75) is 39.5 Å². The molecule has 0 bridgehead atoms. The SMILES string of the molecule is C1COCCO1.CCCCCC(C)=O. The van der Waals surface area contributed by atoms with E-state index in [1.54, 1.807) is 6.92 Å². The molecule has 0 atom stereocenters. The molecule has 0 N–H and O–H groups in total. The molecule has 0 amide bonds. The van der Waals surface area contributed by atoms with Crippen molar-refractivity contribution in [3.8, 4) is 0 Å². The third kappa shape index (κ3) is 11.6. The van der Waals surface area contributed by atoms with Gasteiger partial charge in [0.1, 0.15) is 5.78 Å². The summed E-state index contributed by atoms with van der Waals surface area (Å²) >= 11 is 0. The highest BCUT2D eigenvalue weighted by atomic mass is 16.6. The van der Waals surface area contributed by atoms with Crippen molar-refractivity contribution < 1.29 is 14.3 Å². The monoisotopic (exact) mass is 202 g/mol. The fourth-order valence-corrected chi connectivity index (χ4v) is 1.06. The lowest BCUT2D eigenvalue weighted by atomic mass is 10.2. The van der Waals surface area contributed by atoms with E-state index in [1.165, 1.54) is 12.8 Å². The van der Waals surface area contributed by atoms with Crippen LogP contribution < -0.4 is 0 Å². The molecule has 3 nitrogen and oxygen atoms in total. The summed E-state index contributed by atoms with van der Waals surface area (Å²) in [5, 5.41) is 0. The summed E-state index contributed by atoms with van der Waals surface area (Å²) < 4.78 is 9.89. The van der Waals surface area contributed by atoms with E-state index >= 15 is 0 Å². The van der Waals surface area contributed by atoms with Crippen molar-refractivity contribution in [2.75, 3.05) is 26.4 Å². The van der Waals surface area contributed by atoms with Gasteiger partial charge in [-0.15, -0.1) is 0 Å². The van der Waals surface area contributed by atoms with Gasteiger partial charge >= 0.3 is 0 Å². The minimum atomic E-state index is 0.318. The zero-order chi connectivity index (χ0) is 10.6. The molecule has 0 aromatic heterocycles. The first-order chi connectivity index (χ1) is 6.77. The Balaban J connectivity index is 0.000000249. The van der Waals surface area contributed by atoms with E-state index < -0.39 is 0 Å². The first-order valence-electron chi connectivity index (χ1n) is 5.42. The second-order valence-corrected chi connectivity index (χ2v) is 3.38. The third-order valence-corrected chi connectivity index (χ3v) is 1.88. The molecule has 1 saturated heterocycles. The lowest BCUT2D eigenvalue weighted by Crippen LogP contribution is -2.16. The lowest BCUT2D eigenvalue weighted by molar-refractivity contribution is -0.117. The van der Waals surface area contributed by atoms with Crippen LogP contribution in [0, 0.1) is 0 Å². The van der Waals surface area contributed by atoms with E-state index in [2.05, 4.69) is 6.92 Å².